The number of thiazole rings is 1. The number of carbonyl (C=O) groups excluding carboxylic acids is 2. The topological polar surface area (TPSA) is 132 Å². The van der Waals surface area contributed by atoms with Crippen molar-refractivity contribution in [1.82, 2.24) is 9.88 Å². The molecule has 168 valence electrons. The van der Waals surface area contributed by atoms with Crippen LogP contribution in [0.1, 0.15) is 55.0 Å². The smallest absolute Gasteiger partial charge is 0.410 e. The fourth-order valence-corrected chi connectivity index (χ4v) is 4.69. The Bertz CT molecular complexity index is 1070. The zero-order valence-electron chi connectivity index (χ0n) is 17.6. The molecule has 2 aromatic rings. The number of piperidine rings is 1. The number of sulfonamides is 1. The van der Waals surface area contributed by atoms with E-state index in [-0.39, 0.29) is 22.6 Å². The van der Waals surface area contributed by atoms with Gasteiger partial charge < -0.3 is 15.0 Å². The number of hydrogen-bond acceptors (Lipinski definition) is 7. The number of likely N-dealkylation sites (tertiary alicyclic amines) is 1. The number of primary sulfonamides is 1. The van der Waals surface area contributed by atoms with Gasteiger partial charge in [-0.25, -0.2) is 23.3 Å². The molecule has 3 N–H and O–H groups in total. The van der Waals surface area contributed by atoms with Gasteiger partial charge in [-0.15, -0.1) is 11.3 Å². The van der Waals surface area contributed by atoms with Crippen LogP contribution in [-0.4, -0.2) is 49.0 Å². The summed E-state index contributed by atoms with van der Waals surface area (Å²) in [7, 11) is -3.86. The SMILES string of the molecule is CC(C)(C)OC(=O)N1CCC(c2nc(C(=O)Nc3cccc(S(N)(=O)=O)c3)cs2)CC1. The molecule has 1 saturated heterocycles. The average molecular weight is 467 g/mol. The normalized spacial score (nSPS) is 15.5. The highest BCUT2D eigenvalue weighted by Gasteiger charge is 2.29. The monoisotopic (exact) mass is 466 g/mol. The van der Waals surface area contributed by atoms with Crippen LogP contribution in [0.2, 0.25) is 0 Å². The minimum Gasteiger partial charge on any atom is -0.444 e. The Morgan fingerprint density at radius 1 is 1.26 bits per heavy atom. The van der Waals surface area contributed by atoms with Crippen molar-refractivity contribution >= 4 is 39.0 Å². The van der Waals surface area contributed by atoms with Gasteiger partial charge in [0.1, 0.15) is 11.3 Å². The highest BCUT2D eigenvalue weighted by molar-refractivity contribution is 7.89. The third-order valence-corrected chi connectivity index (χ3v) is 6.59. The Labute approximate surface area is 185 Å². The molecule has 3 rings (SSSR count). The summed E-state index contributed by atoms with van der Waals surface area (Å²) in [5.74, 6) is -0.267. The number of nitrogens with two attached hydrogens (primary N) is 1. The summed E-state index contributed by atoms with van der Waals surface area (Å²) in [6, 6.07) is 5.73. The number of hydrogen-bond donors (Lipinski definition) is 2. The summed E-state index contributed by atoms with van der Waals surface area (Å²) < 4.78 is 28.4. The van der Waals surface area contributed by atoms with Crippen LogP contribution in [-0.2, 0) is 14.8 Å². The second-order valence-electron chi connectivity index (χ2n) is 8.34. The Kier molecular flexibility index (Phi) is 6.68. The highest BCUT2D eigenvalue weighted by atomic mass is 32.2. The minimum absolute atomic E-state index is 0.0824. The molecule has 2 amide bonds. The molecule has 0 saturated carbocycles. The minimum atomic E-state index is -3.86. The van der Waals surface area contributed by atoms with Gasteiger partial charge in [0, 0.05) is 30.1 Å². The second kappa shape index (κ2) is 8.93. The Balaban J connectivity index is 1.60. The Morgan fingerprint density at radius 2 is 1.94 bits per heavy atom. The van der Waals surface area contributed by atoms with Gasteiger partial charge in [-0.1, -0.05) is 6.07 Å². The van der Waals surface area contributed by atoms with E-state index in [0.717, 1.165) is 17.8 Å². The first-order valence-electron chi connectivity index (χ1n) is 9.80. The first-order valence-corrected chi connectivity index (χ1v) is 12.2. The summed E-state index contributed by atoms with van der Waals surface area (Å²) in [4.78, 5) is 30.8. The van der Waals surface area contributed by atoms with E-state index in [4.69, 9.17) is 9.88 Å². The van der Waals surface area contributed by atoms with E-state index >= 15 is 0 Å². The fourth-order valence-electron chi connectivity index (χ4n) is 3.16. The van der Waals surface area contributed by atoms with E-state index in [9.17, 15) is 18.0 Å². The summed E-state index contributed by atoms with van der Waals surface area (Å²) in [5.41, 5.74) is 0.0478. The van der Waals surface area contributed by atoms with Crippen molar-refractivity contribution in [3.63, 3.8) is 0 Å². The van der Waals surface area contributed by atoms with Gasteiger partial charge in [-0.05, 0) is 51.8 Å². The van der Waals surface area contributed by atoms with Gasteiger partial charge >= 0.3 is 6.09 Å². The molecule has 2 heterocycles. The number of anilines is 1. The van der Waals surface area contributed by atoms with Gasteiger partial charge in [-0.3, -0.25) is 4.79 Å². The molecule has 11 heteroatoms. The zero-order chi connectivity index (χ0) is 22.8. The molecule has 1 aliphatic rings. The Morgan fingerprint density at radius 3 is 2.55 bits per heavy atom. The molecule has 1 aromatic heterocycles. The maximum atomic E-state index is 12.5. The maximum Gasteiger partial charge on any atom is 0.410 e. The molecule has 1 fully saturated rings. The highest BCUT2D eigenvalue weighted by Crippen LogP contribution is 2.31. The van der Waals surface area contributed by atoms with Gasteiger partial charge in [0.15, 0.2) is 0 Å². The van der Waals surface area contributed by atoms with Crippen molar-refractivity contribution in [1.29, 1.82) is 0 Å². The average Bonchev–Trinajstić information content (AvgIpc) is 3.17. The van der Waals surface area contributed by atoms with Crippen molar-refractivity contribution in [2.45, 2.75) is 50.0 Å². The summed E-state index contributed by atoms with van der Waals surface area (Å²) in [6.45, 7) is 6.66. The number of ether oxygens (including phenoxy) is 1. The number of rotatable bonds is 4. The van der Waals surface area contributed by atoms with Crippen LogP contribution < -0.4 is 10.5 Å². The molecule has 0 radical (unpaired) electrons. The fraction of sp³-hybridized carbons (Fsp3) is 0.450. The first kappa shape index (κ1) is 23.2. The predicted molar refractivity (Wildman–Crippen MR) is 118 cm³/mol. The van der Waals surface area contributed by atoms with Crippen molar-refractivity contribution in [2.24, 2.45) is 5.14 Å². The number of benzene rings is 1. The van der Waals surface area contributed by atoms with Gasteiger partial charge in [0.25, 0.3) is 5.91 Å². The number of nitrogens with zero attached hydrogens (tertiary/aromatic N) is 2. The number of aromatic nitrogens is 1. The molecule has 0 bridgehead atoms. The largest absolute Gasteiger partial charge is 0.444 e. The van der Waals surface area contributed by atoms with Crippen molar-refractivity contribution in [3.8, 4) is 0 Å². The quantitative estimate of drug-likeness (QED) is 0.711. The van der Waals surface area contributed by atoms with Crippen LogP contribution in [0.3, 0.4) is 0 Å². The van der Waals surface area contributed by atoms with Gasteiger partial charge in [0.05, 0.1) is 9.90 Å². The zero-order valence-corrected chi connectivity index (χ0v) is 19.3. The lowest BCUT2D eigenvalue weighted by Crippen LogP contribution is -2.41. The van der Waals surface area contributed by atoms with E-state index in [0.29, 0.717) is 18.8 Å². The van der Waals surface area contributed by atoms with Crippen molar-refractivity contribution < 1.29 is 22.7 Å². The summed E-state index contributed by atoms with van der Waals surface area (Å²) in [5, 5.41) is 10.3. The molecular formula is C20H26N4O5S2. The van der Waals surface area contributed by atoms with Gasteiger partial charge in [-0.2, -0.15) is 0 Å². The molecule has 31 heavy (non-hydrogen) atoms. The number of carbonyl (C=O) groups is 2. The van der Waals surface area contributed by atoms with Crippen LogP contribution in [0.5, 0.6) is 0 Å². The Hall–Kier alpha value is -2.50. The molecule has 0 atom stereocenters. The lowest BCUT2D eigenvalue weighted by atomic mass is 9.98. The van der Waals surface area contributed by atoms with Crippen LogP contribution in [0, 0.1) is 0 Å². The molecule has 0 spiro atoms. The van der Waals surface area contributed by atoms with Crippen LogP contribution in [0.25, 0.3) is 0 Å². The van der Waals surface area contributed by atoms with Crippen molar-refractivity contribution in [2.75, 3.05) is 18.4 Å². The van der Waals surface area contributed by atoms with E-state index in [2.05, 4.69) is 10.3 Å². The third kappa shape index (κ3) is 6.25. The van der Waals surface area contributed by atoms with E-state index in [1.54, 1.807) is 16.3 Å². The summed E-state index contributed by atoms with van der Waals surface area (Å²) in [6.07, 6.45) is 1.17. The standard InChI is InChI=1S/C20H26N4O5S2/c1-20(2,3)29-19(26)24-9-7-13(8-10-24)18-23-16(12-30-18)17(25)22-14-5-4-6-15(11-14)31(21,27)28/h4-6,11-13H,7-10H2,1-3H3,(H,22,25)(H2,21,27,28). The summed E-state index contributed by atoms with van der Waals surface area (Å²) >= 11 is 1.40. The number of nitrogens with one attached hydrogen (secondary N) is 1. The van der Waals surface area contributed by atoms with Crippen LogP contribution >= 0.6 is 11.3 Å². The number of amides is 2. The maximum absolute atomic E-state index is 12.5. The molecule has 9 nitrogen and oxygen atoms in total. The van der Waals surface area contributed by atoms with Crippen LogP contribution in [0.15, 0.2) is 34.5 Å². The van der Waals surface area contributed by atoms with Gasteiger partial charge in [0.2, 0.25) is 10.0 Å². The van der Waals surface area contributed by atoms with E-state index < -0.39 is 21.5 Å². The van der Waals surface area contributed by atoms with E-state index in [1.807, 2.05) is 20.8 Å². The van der Waals surface area contributed by atoms with Crippen molar-refractivity contribution in [3.05, 3.63) is 40.3 Å². The molecule has 1 aromatic carbocycles. The van der Waals surface area contributed by atoms with Crippen LogP contribution in [0.4, 0.5) is 10.5 Å². The first-order chi connectivity index (χ1) is 14.4. The predicted octanol–water partition coefficient (Wildman–Crippen LogP) is 3.16. The molecule has 0 aliphatic carbocycles. The van der Waals surface area contributed by atoms with E-state index in [1.165, 1.54) is 29.5 Å². The second-order valence-corrected chi connectivity index (χ2v) is 10.8. The lowest BCUT2D eigenvalue weighted by Gasteiger charge is -2.32. The lowest BCUT2D eigenvalue weighted by molar-refractivity contribution is 0.0204. The third-order valence-electron chi connectivity index (χ3n) is 4.67. The molecule has 0 unspecified atom stereocenters. The molecular weight excluding hydrogens is 440 g/mol. The molecule has 1 aliphatic heterocycles.